The minimum atomic E-state index is -1.62. The van der Waals surface area contributed by atoms with Crippen LogP contribution >= 0.6 is 11.6 Å². The Balaban J connectivity index is 4.52. The van der Waals surface area contributed by atoms with Crippen LogP contribution in [-0.2, 0) is 4.43 Å². The first kappa shape index (κ1) is 16.5. The summed E-state index contributed by atoms with van der Waals surface area (Å²) in [6, 6.07) is 0. The fraction of sp³-hybridized carbons (Fsp3) is 1.00. The molecule has 0 amide bonds. The minimum absolute atomic E-state index is 0.684. The van der Waals surface area contributed by atoms with E-state index in [0.717, 1.165) is 25.3 Å². The number of unbranched alkanes of at least 4 members (excludes halogenated alkanes) is 1. The smallest absolute Gasteiger partial charge is 0.200 e. The summed E-state index contributed by atoms with van der Waals surface area (Å²) >= 11 is 5.69. The maximum absolute atomic E-state index is 6.40. The highest BCUT2D eigenvalue weighted by atomic mass is 35.5. The first-order chi connectivity index (χ1) is 7.39. The van der Waals surface area contributed by atoms with Crippen molar-refractivity contribution in [2.24, 2.45) is 0 Å². The fourth-order valence-electron chi connectivity index (χ4n) is 2.95. The topological polar surface area (TPSA) is 9.23 Å². The number of halogens is 1. The summed E-state index contributed by atoms with van der Waals surface area (Å²) in [6.07, 6.45) is 2.17. The van der Waals surface area contributed by atoms with E-state index >= 15 is 0 Å². The third-order valence-corrected chi connectivity index (χ3v) is 9.97. The van der Waals surface area contributed by atoms with Gasteiger partial charge in [0.15, 0.2) is 8.32 Å². The van der Waals surface area contributed by atoms with Crippen LogP contribution in [0.4, 0.5) is 0 Å². The van der Waals surface area contributed by atoms with Crippen molar-refractivity contribution >= 4 is 19.9 Å². The molecule has 0 saturated carbocycles. The molecule has 0 aromatic rings. The highest BCUT2D eigenvalue weighted by Crippen LogP contribution is 2.42. The van der Waals surface area contributed by atoms with Crippen LogP contribution in [0, 0.1) is 0 Å². The van der Waals surface area contributed by atoms with E-state index in [2.05, 4.69) is 41.5 Å². The molecular formula is C13H29ClOSi. The molecule has 0 fully saturated rings. The van der Waals surface area contributed by atoms with Crippen molar-refractivity contribution in [2.75, 3.05) is 12.5 Å². The van der Waals surface area contributed by atoms with E-state index in [1.54, 1.807) is 0 Å². The van der Waals surface area contributed by atoms with Crippen molar-refractivity contribution in [2.45, 2.75) is 71.0 Å². The van der Waals surface area contributed by atoms with Crippen LogP contribution in [0.3, 0.4) is 0 Å². The van der Waals surface area contributed by atoms with Gasteiger partial charge in [-0.25, -0.2) is 0 Å². The van der Waals surface area contributed by atoms with E-state index < -0.39 is 8.32 Å². The summed E-state index contributed by atoms with van der Waals surface area (Å²) in [7, 11) is -1.62. The van der Waals surface area contributed by atoms with Gasteiger partial charge in [0.1, 0.15) is 0 Å². The first-order valence-electron chi connectivity index (χ1n) is 6.59. The van der Waals surface area contributed by atoms with Crippen molar-refractivity contribution in [3.8, 4) is 0 Å². The molecule has 0 radical (unpaired) electrons. The molecule has 0 spiro atoms. The maximum atomic E-state index is 6.40. The van der Waals surface area contributed by atoms with Gasteiger partial charge in [0.05, 0.1) is 0 Å². The normalized spacial score (nSPS) is 13.1. The lowest BCUT2D eigenvalue weighted by Gasteiger charge is -2.42. The number of hydrogen-bond donors (Lipinski definition) is 0. The van der Waals surface area contributed by atoms with Crippen LogP contribution in [-0.4, -0.2) is 20.8 Å². The van der Waals surface area contributed by atoms with Gasteiger partial charge in [-0.05, 0) is 29.5 Å². The average molecular weight is 265 g/mol. The molecule has 3 heteroatoms. The van der Waals surface area contributed by atoms with Gasteiger partial charge in [-0.2, -0.15) is 0 Å². The van der Waals surface area contributed by atoms with Crippen molar-refractivity contribution in [3.63, 3.8) is 0 Å². The molecule has 0 aromatic carbocycles. The van der Waals surface area contributed by atoms with Crippen molar-refractivity contribution in [1.29, 1.82) is 0 Å². The monoisotopic (exact) mass is 264 g/mol. The quantitative estimate of drug-likeness (QED) is 0.333. The van der Waals surface area contributed by atoms with Crippen LogP contribution in [0.5, 0.6) is 0 Å². The molecular weight excluding hydrogens is 236 g/mol. The Kier molecular flexibility index (Phi) is 7.95. The van der Waals surface area contributed by atoms with Gasteiger partial charge in [0.25, 0.3) is 0 Å². The lowest BCUT2D eigenvalue weighted by atomic mass is 10.4. The Morgan fingerprint density at radius 2 is 1.31 bits per heavy atom. The summed E-state index contributed by atoms with van der Waals surface area (Å²) in [4.78, 5) is 0. The predicted molar refractivity (Wildman–Crippen MR) is 77.0 cm³/mol. The highest BCUT2D eigenvalue weighted by molar-refractivity contribution is 6.77. The van der Waals surface area contributed by atoms with Gasteiger partial charge in [-0.3, -0.25) is 0 Å². The molecule has 0 aliphatic heterocycles. The summed E-state index contributed by atoms with van der Waals surface area (Å²) < 4.78 is 6.40. The lowest BCUT2D eigenvalue weighted by Crippen LogP contribution is -2.47. The molecule has 0 saturated heterocycles. The van der Waals surface area contributed by atoms with Crippen molar-refractivity contribution in [1.82, 2.24) is 0 Å². The Hall–Kier alpha value is 0.467. The van der Waals surface area contributed by atoms with Gasteiger partial charge in [-0.1, -0.05) is 41.5 Å². The van der Waals surface area contributed by atoms with Crippen LogP contribution < -0.4 is 0 Å². The number of rotatable bonds is 8. The van der Waals surface area contributed by atoms with E-state index in [-0.39, 0.29) is 0 Å². The second-order valence-electron chi connectivity index (χ2n) is 5.56. The van der Waals surface area contributed by atoms with Crippen molar-refractivity contribution in [3.05, 3.63) is 0 Å². The molecule has 0 aliphatic rings. The van der Waals surface area contributed by atoms with Crippen LogP contribution in [0.15, 0.2) is 0 Å². The van der Waals surface area contributed by atoms with Gasteiger partial charge in [0.2, 0.25) is 0 Å². The third-order valence-electron chi connectivity index (χ3n) is 3.59. The number of hydrogen-bond acceptors (Lipinski definition) is 1. The second kappa shape index (κ2) is 7.73. The Bertz CT molecular complexity index is 159. The zero-order valence-corrected chi connectivity index (χ0v) is 13.6. The zero-order valence-electron chi connectivity index (χ0n) is 11.8. The van der Waals surface area contributed by atoms with E-state index in [9.17, 15) is 0 Å². The Labute approximate surface area is 108 Å². The second-order valence-corrected chi connectivity index (χ2v) is 11.4. The molecule has 0 N–H and O–H groups in total. The van der Waals surface area contributed by atoms with E-state index in [1.807, 2.05) is 0 Å². The molecule has 98 valence electrons. The summed E-state index contributed by atoms with van der Waals surface area (Å²) in [5.41, 5.74) is 2.05. The maximum Gasteiger partial charge on any atom is 0.200 e. The zero-order chi connectivity index (χ0) is 12.8. The fourth-order valence-corrected chi connectivity index (χ4v) is 8.63. The third kappa shape index (κ3) is 4.05. The average Bonchev–Trinajstić information content (AvgIpc) is 2.16. The predicted octanol–water partition coefficient (Wildman–Crippen LogP) is 5.20. The molecule has 0 heterocycles. The highest BCUT2D eigenvalue weighted by Gasteiger charge is 2.44. The SMILES string of the molecule is CC(C)[Si](OCCCCCl)(C(C)C)C(C)C. The van der Waals surface area contributed by atoms with Gasteiger partial charge in [0, 0.05) is 12.5 Å². The molecule has 0 bridgehead atoms. The largest absolute Gasteiger partial charge is 0.416 e. The minimum Gasteiger partial charge on any atom is -0.416 e. The molecule has 16 heavy (non-hydrogen) atoms. The molecule has 1 nitrogen and oxygen atoms in total. The Morgan fingerprint density at radius 3 is 1.62 bits per heavy atom. The summed E-state index contributed by atoms with van der Waals surface area (Å²) in [5.74, 6) is 0.753. The summed E-state index contributed by atoms with van der Waals surface area (Å²) in [6.45, 7) is 14.9. The van der Waals surface area contributed by atoms with Crippen LogP contribution in [0.2, 0.25) is 16.6 Å². The van der Waals surface area contributed by atoms with E-state index in [4.69, 9.17) is 16.0 Å². The molecule has 0 unspecified atom stereocenters. The molecule has 0 aliphatic carbocycles. The first-order valence-corrected chi connectivity index (χ1v) is 9.27. The van der Waals surface area contributed by atoms with Gasteiger partial charge >= 0.3 is 0 Å². The summed E-state index contributed by atoms with van der Waals surface area (Å²) in [5, 5.41) is 0. The van der Waals surface area contributed by atoms with Crippen LogP contribution in [0.25, 0.3) is 0 Å². The molecule has 0 aromatic heterocycles. The lowest BCUT2D eigenvalue weighted by molar-refractivity contribution is 0.271. The Morgan fingerprint density at radius 1 is 0.875 bits per heavy atom. The van der Waals surface area contributed by atoms with E-state index in [1.165, 1.54) is 0 Å². The van der Waals surface area contributed by atoms with Crippen LogP contribution in [0.1, 0.15) is 54.4 Å². The van der Waals surface area contributed by atoms with Crippen molar-refractivity contribution < 1.29 is 4.43 Å². The number of alkyl halides is 1. The standard InChI is InChI=1S/C13H29ClOSi/c1-11(2)16(12(3)4,13(5)6)15-10-8-7-9-14/h11-13H,7-10H2,1-6H3. The molecule has 0 atom stereocenters. The van der Waals surface area contributed by atoms with Gasteiger partial charge in [-0.15, -0.1) is 11.6 Å². The molecule has 0 rings (SSSR count). The van der Waals surface area contributed by atoms with E-state index in [0.29, 0.717) is 16.6 Å². The van der Waals surface area contributed by atoms with Gasteiger partial charge < -0.3 is 4.43 Å².